The molecular weight excluding hydrogens is 246 g/mol. The lowest BCUT2D eigenvalue weighted by Gasteiger charge is -2.24. The summed E-state index contributed by atoms with van der Waals surface area (Å²) in [6.45, 7) is 0. The van der Waals surface area contributed by atoms with E-state index >= 15 is 0 Å². The molecule has 2 nitrogen and oxygen atoms in total. The van der Waals surface area contributed by atoms with E-state index in [1.165, 1.54) is 5.56 Å². The van der Waals surface area contributed by atoms with Crippen molar-refractivity contribution in [2.75, 3.05) is 0 Å². The summed E-state index contributed by atoms with van der Waals surface area (Å²) < 4.78 is 0. The Bertz CT molecular complexity index is 616. The van der Waals surface area contributed by atoms with Crippen LogP contribution in [0.5, 0.6) is 0 Å². The van der Waals surface area contributed by atoms with E-state index in [-0.39, 0.29) is 11.7 Å². The standard InChI is InChI=1S/C18H17NO/c20-18-8-4-7-16(15-9-11-19-12-10-15)17(18)13-14-5-2-1-3-6-14/h1-3,5-6,9-13,16H,4,7-8H2. The number of carbonyl (C=O) groups excluding carboxylic acids is 1. The predicted molar refractivity (Wildman–Crippen MR) is 80.3 cm³/mol. The molecule has 1 aromatic carbocycles. The molecule has 1 unspecified atom stereocenters. The number of hydrogen-bond donors (Lipinski definition) is 0. The van der Waals surface area contributed by atoms with Crippen molar-refractivity contribution in [3.05, 3.63) is 71.6 Å². The second-order valence-corrected chi connectivity index (χ2v) is 5.16. The fraction of sp³-hybridized carbons (Fsp3) is 0.222. The van der Waals surface area contributed by atoms with Gasteiger partial charge in [0.15, 0.2) is 5.78 Å². The van der Waals surface area contributed by atoms with Crippen LogP contribution in [0.3, 0.4) is 0 Å². The number of allylic oxidation sites excluding steroid dienone is 1. The molecule has 100 valence electrons. The van der Waals surface area contributed by atoms with E-state index in [2.05, 4.69) is 4.98 Å². The summed E-state index contributed by atoms with van der Waals surface area (Å²) in [6.07, 6.45) is 8.32. The molecule has 2 aromatic rings. The topological polar surface area (TPSA) is 30.0 Å². The molecule has 0 amide bonds. The Kier molecular flexibility index (Phi) is 3.73. The fourth-order valence-electron chi connectivity index (χ4n) is 2.81. The van der Waals surface area contributed by atoms with E-state index in [9.17, 15) is 4.79 Å². The highest BCUT2D eigenvalue weighted by molar-refractivity contribution is 6.01. The Balaban J connectivity index is 2.00. The van der Waals surface area contributed by atoms with Crippen LogP contribution in [-0.4, -0.2) is 10.8 Å². The van der Waals surface area contributed by atoms with Crippen LogP contribution in [0.1, 0.15) is 36.3 Å². The van der Waals surface area contributed by atoms with Crippen LogP contribution < -0.4 is 0 Å². The van der Waals surface area contributed by atoms with E-state index in [0.29, 0.717) is 6.42 Å². The van der Waals surface area contributed by atoms with Crippen LogP contribution in [0.2, 0.25) is 0 Å². The highest BCUT2D eigenvalue weighted by Gasteiger charge is 2.26. The van der Waals surface area contributed by atoms with Crippen molar-refractivity contribution in [3.8, 4) is 0 Å². The third kappa shape index (κ3) is 2.69. The molecule has 0 spiro atoms. The van der Waals surface area contributed by atoms with Crippen molar-refractivity contribution >= 4 is 11.9 Å². The first kappa shape index (κ1) is 12.8. The highest BCUT2D eigenvalue weighted by Crippen LogP contribution is 2.36. The van der Waals surface area contributed by atoms with E-state index in [1.807, 2.05) is 48.5 Å². The normalized spacial score (nSPS) is 21.1. The molecule has 0 saturated heterocycles. The van der Waals surface area contributed by atoms with Gasteiger partial charge in [-0.15, -0.1) is 0 Å². The minimum Gasteiger partial charge on any atom is -0.295 e. The summed E-state index contributed by atoms with van der Waals surface area (Å²) in [6, 6.07) is 14.1. The van der Waals surface area contributed by atoms with Crippen molar-refractivity contribution in [1.29, 1.82) is 0 Å². The lowest BCUT2D eigenvalue weighted by atomic mass is 9.78. The van der Waals surface area contributed by atoms with Crippen molar-refractivity contribution in [2.45, 2.75) is 25.2 Å². The Morgan fingerprint density at radius 1 is 1.05 bits per heavy atom. The van der Waals surface area contributed by atoms with Crippen LogP contribution in [0.25, 0.3) is 6.08 Å². The Hall–Kier alpha value is -2.22. The molecule has 2 heteroatoms. The Labute approximate surface area is 119 Å². The van der Waals surface area contributed by atoms with Gasteiger partial charge in [0.05, 0.1) is 0 Å². The largest absolute Gasteiger partial charge is 0.295 e. The summed E-state index contributed by atoms with van der Waals surface area (Å²) in [5, 5.41) is 0. The van der Waals surface area contributed by atoms with Crippen molar-refractivity contribution in [1.82, 2.24) is 4.98 Å². The number of aromatic nitrogens is 1. The summed E-state index contributed by atoms with van der Waals surface area (Å²) in [5.41, 5.74) is 3.22. The second kappa shape index (κ2) is 5.83. The molecule has 0 N–H and O–H groups in total. The molecule has 3 rings (SSSR count). The van der Waals surface area contributed by atoms with Gasteiger partial charge in [-0.2, -0.15) is 0 Å². The average Bonchev–Trinajstić information content (AvgIpc) is 2.51. The zero-order chi connectivity index (χ0) is 13.8. The van der Waals surface area contributed by atoms with Gasteiger partial charge >= 0.3 is 0 Å². The van der Waals surface area contributed by atoms with E-state index in [4.69, 9.17) is 0 Å². The van der Waals surface area contributed by atoms with Gasteiger partial charge in [-0.3, -0.25) is 9.78 Å². The predicted octanol–water partition coefficient (Wildman–Crippen LogP) is 4.00. The molecular formula is C18H17NO. The van der Waals surface area contributed by atoms with Crippen molar-refractivity contribution in [2.24, 2.45) is 0 Å². The third-order valence-corrected chi connectivity index (χ3v) is 3.82. The van der Waals surface area contributed by atoms with Gasteiger partial charge in [-0.05, 0) is 42.2 Å². The number of ketones is 1. The molecule has 1 aromatic heterocycles. The SMILES string of the molecule is O=C1CCCC(c2ccncc2)C1=Cc1ccccc1. The van der Waals surface area contributed by atoms with Gasteiger partial charge in [0, 0.05) is 30.3 Å². The summed E-state index contributed by atoms with van der Waals surface area (Å²) in [5.74, 6) is 0.487. The molecule has 0 radical (unpaired) electrons. The van der Waals surface area contributed by atoms with Crippen molar-refractivity contribution < 1.29 is 4.79 Å². The first-order valence-corrected chi connectivity index (χ1v) is 7.04. The lowest BCUT2D eigenvalue weighted by Crippen LogP contribution is -2.17. The molecule has 0 aliphatic heterocycles. The fourth-order valence-corrected chi connectivity index (χ4v) is 2.81. The average molecular weight is 263 g/mol. The summed E-state index contributed by atoms with van der Waals surface area (Å²) >= 11 is 0. The first-order valence-electron chi connectivity index (χ1n) is 7.04. The number of carbonyl (C=O) groups is 1. The molecule has 20 heavy (non-hydrogen) atoms. The number of nitrogens with zero attached hydrogens (tertiary/aromatic N) is 1. The molecule has 1 atom stereocenters. The van der Waals surface area contributed by atoms with Crippen LogP contribution in [0.4, 0.5) is 0 Å². The number of pyridine rings is 1. The highest BCUT2D eigenvalue weighted by atomic mass is 16.1. The Morgan fingerprint density at radius 2 is 1.80 bits per heavy atom. The van der Waals surface area contributed by atoms with Gasteiger partial charge in [-0.1, -0.05) is 30.3 Å². The van der Waals surface area contributed by atoms with Gasteiger partial charge in [0.25, 0.3) is 0 Å². The zero-order valence-corrected chi connectivity index (χ0v) is 11.3. The molecule has 1 aliphatic carbocycles. The number of rotatable bonds is 2. The number of hydrogen-bond acceptors (Lipinski definition) is 2. The minimum atomic E-state index is 0.208. The van der Waals surface area contributed by atoms with Crippen LogP contribution in [0.15, 0.2) is 60.4 Å². The third-order valence-electron chi connectivity index (χ3n) is 3.82. The number of Topliss-reactive ketones (excluding diaryl/α,β-unsaturated/α-hetero) is 1. The van der Waals surface area contributed by atoms with E-state index < -0.39 is 0 Å². The summed E-state index contributed by atoms with van der Waals surface area (Å²) in [4.78, 5) is 16.4. The first-order chi connectivity index (χ1) is 9.84. The van der Waals surface area contributed by atoms with Gasteiger partial charge < -0.3 is 0 Å². The summed E-state index contributed by atoms with van der Waals surface area (Å²) in [7, 11) is 0. The van der Waals surface area contributed by atoms with Gasteiger partial charge in [-0.25, -0.2) is 0 Å². The van der Waals surface area contributed by atoms with Crippen LogP contribution >= 0.6 is 0 Å². The molecule has 1 heterocycles. The maximum atomic E-state index is 12.3. The van der Waals surface area contributed by atoms with E-state index in [0.717, 1.165) is 24.0 Å². The van der Waals surface area contributed by atoms with Crippen LogP contribution in [-0.2, 0) is 4.79 Å². The zero-order valence-electron chi connectivity index (χ0n) is 11.3. The van der Waals surface area contributed by atoms with Gasteiger partial charge in [0.1, 0.15) is 0 Å². The maximum Gasteiger partial charge on any atom is 0.159 e. The minimum absolute atomic E-state index is 0.208. The second-order valence-electron chi connectivity index (χ2n) is 5.16. The van der Waals surface area contributed by atoms with Crippen molar-refractivity contribution in [3.63, 3.8) is 0 Å². The van der Waals surface area contributed by atoms with Gasteiger partial charge in [0.2, 0.25) is 0 Å². The molecule has 1 aliphatic rings. The maximum absolute atomic E-state index is 12.3. The van der Waals surface area contributed by atoms with E-state index in [1.54, 1.807) is 12.4 Å². The van der Waals surface area contributed by atoms with Crippen LogP contribution in [0, 0.1) is 0 Å². The Morgan fingerprint density at radius 3 is 2.55 bits per heavy atom. The smallest absolute Gasteiger partial charge is 0.159 e. The lowest BCUT2D eigenvalue weighted by molar-refractivity contribution is -0.116. The monoisotopic (exact) mass is 263 g/mol. The quantitative estimate of drug-likeness (QED) is 0.766. The molecule has 1 fully saturated rings. The molecule has 1 saturated carbocycles. The number of benzene rings is 1. The molecule has 0 bridgehead atoms.